The van der Waals surface area contributed by atoms with Crippen LogP contribution in [-0.4, -0.2) is 48.9 Å². The quantitative estimate of drug-likeness (QED) is 0.841. The van der Waals surface area contributed by atoms with E-state index in [-0.39, 0.29) is 24.7 Å². The summed E-state index contributed by atoms with van der Waals surface area (Å²) >= 11 is 0. The van der Waals surface area contributed by atoms with Crippen molar-refractivity contribution in [3.63, 3.8) is 0 Å². The van der Waals surface area contributed by atoms with E-state index in [9.17, 15) is 9.90 Å². The molecule has 0 saturated heterocycles. The van der Waals surface area contributed by atoms with Gasteiger partial charge in [-0.3, -0.25) is 0 Å². The van der Waals surface area contributed by atoms with Gasteiger partial charge in [0.2, 0.25) is 0 Å². The monoisotopic (exact) mass is 334 g/mol. The number of carbonyl (C=O) groups excluding carboxylic acids is 1. The SMILES string of the molecule is COc1cccc(C[C@H](C)NC(=O)N(C)C2CCC(CO)CC2)c1. The van der Waals surface area contributed by atoms with E-state index in [0.717, 1.165) is 43.4 Å². The van der Waals surface area contributed by atoms with E-state index in [1.54, 1.807) is 7.11 Å². The van der Waals surface area contributed by atoms with E-state index >= 15 is 0 Å². The second-order valence-corrected chi connectivity index (χ2v) is 6.87. The Kier molecular flexibility index (Phi) is 6.91. The van der Waals surface area contributed by atoms with Crippen molar-refractivity contribution in [3.05, 3.63) is 29.8 Å². The van der Waals surface area contributed by atoms with Crippen LogP contribution in [0.3, 0.4) is 0 Å². The minimum atomic E-state index is -0.0159. The molecule has 1 aromatic rings. The molecule has 2 amide bonds. The van der Waals surface area contributed by atoms with Crippen LogP contribution < -0.4 is 10.1 Å². The van der Waals surface area contributed by atoms with Gasteiger partial charge in [0, 0.05) is 25.7 Å². The molecule has 5 nitrogen and oxygen atoms in total. The highest BCUT2D eigenvalue weighted by Gasteiger charge is 2.26. The van der Waals surface area contributed by atoms with Gasteiger partial charge in [0.15, 0.2) is 0 Å². The third kappa shape index (κ3) is 5.13. The smallest absolute Gasteiger partial charge is 0.317 e. The molecule has 24 heavy (non-hydrogen) atoms. The highest BCUT2D eigenvalue weighted by molar-refractivity contribution is 5.74. The number of amides is 2. The van der Waals surface area contributed by atoms with Gasteiger partial charge in [-0.1, -0.05) is 12.1 Å². The van der Waals surface area contributed by atoms with Crippen LogP contribution in [0.4, 0.5) is 4.79 Å². The summed E-state index contributed by atoms with van der Waals surface area (Å²) in [5, 5.41) is 12.3. The second-order valence-electron chi connectivity index (χ2n) is 6.87. The summed E-state index contributed by atoms with van der Waals surface area (Å²) in [5.41, 5.74) is 1.15. The molecule has 0 bridgehead atoms. The maximum Gasteiger partial charge on any atom is 0.317 e. The number of aliphatic hydroxyl groups is 1. The maximum atomic E-state index is 12.5. The van der Waals surface area contributed by atoms with Crippen LogP contribution >= 0.6 is 0 Å². The lowest BCUT2D eigenvalue weighted by atomic mass is 9.86. The normalized spacial score (nSPS) is 21.8. The molecular formula is C19H30N2O3. The van der Waals surface area contributed by atoms with Crippen molar-refractivity contribution in [2.75, 3.05) is 20.8 Å². The van der Waals surface area contributed by atoms with E-state index in [4.69, 9.17) is 4.74 Å². The summed E-state index contributed by atoms with van der Waals surface area (Å²) < 4.78 is 5.24. The van der Waals surface area contributed by atoms with Crippen molar-refractivity contribution in [3.8, 4) is 5.75 Å². The summed E-state index contributed by atoms with van der Waals surface area (Å²) in [4.78, 5) is 14.3. The number of hydrogen-bond acceptors (Lipinski definition) is 3. The lowest BCUT2D eigenvalue weighted by Gasteiger charge is -2.34. The van der Waals surface area contributed by atoms with Crippen molar-refractivity contribution in [1.29, 1.82) is 0 Å². The fraction of sp³-hybridized carbons (Fsp3) is 0.632. The molecule has 1 saturated carbocycles. The van der Waals surface area contributed by atoms with Crippen molar-refractivity contribution in [2.45, 2.75) is 51.1 Å². The highest BCUT2D eigenvalue weighted by Crippen LogP contribution is 2.26. The van der Waals surface area contributed by atoms with Crippen molar-refractivity contribution >= 4 is 6.03 Å². The number of aliphatic hydroxyl groups excluding tert-OH is 1. The van der Waals surface area contributed by atoms with Gasteiger partial charge in [-0.05, 0) is 62.6 Å². The molecule has 2 N–H and O–H groups in total. The maximum absolute atomic E-state index is 12.5. The minimum absolute atomic E-state index is 0.0159. The summed E-state index contributed by atoms with van der Waals surface area (Å²) in [7, 11) is 3.53. The molecule has 2 rings (SSSR count). The summed E-state index contributed by atoms with van der Waals surface area (Å²) in [6.07, 6.45) is 4.71. The molecule has 134 valence electrons. The van der Waals surface area contributed by atoms with Crippen molar-refractivity contribution in [1.82, 2.24) is 10.2 Å². The zero-order valence-electron chi connectivity index (χ0n) is 15.0. The first-order valence-corrected chi connectivity index (χ1v) is 8.80. The number of rotatable bonds is 6. The van der Waals surface area contributed by atoms with Crippen LogP contribution in [0.5, 0.6) is 5.75 Å². The number of nitrogens with one attached hydrogen (secondary N) is 1. The van der Waals surface area contributed by atoms with E-state index in [1.165, 1.54) is 0 Å². The Bertz CT molecular complexity index is 527. The molecule has 0 aromatic heterocycles. The van der Waals surface area contributed by atoms with Gasteiger partial charge in [0.25, 0.3) is 0 Å². The van der Waals surface area contributed by atoms with Crippen LogP contribution in [0.25, 0.3) is 0 Å². The molecule has 1 aromatic carbocycles. The number of urea groups is 1. The van der Waals surface area contributed by atoms with Gasteiger partial charge >= 0.3 is 6.03 Å². The number of ether oxygens (including phenoxy) is 1. The van der Waals surface area contributed by atoms with Gasteiger partial charge in [-0.25, -0.2) is 4.79 Å². The fourth-order valence-electron chi connectivity index (χ4n) is 3.40. The molecule has 1 fully saturated rings. The number of nitrogens with zero attached hydrogens (tertiary/aromatic N) is 1. The Morgan fingerprint density at radius 3 is 2.71 bits per heavy atom. The second kappa shape index (κ2) is 8.92. The predicted molar refractivity (Wildman–Crippen MR) is 95.3 cm³/mol. The molecule has 1 aliphatic carbocycles. The number of hydrogen-bond donors (Lipinski definition) is 2. The molecule has 1 atom stereocenters. The third-order valence-corrected chi connectivity index (χ3v) is 4.99. The Morgan fingerprint density at radius 2 is 2.08 bits per heavy atom. The molecule has 0 heterocycles. The summed E-state index contributed by atoms with van der Waals surface area (Å²) in [5.74, 6) is 1.24. The Labute approximate surface area is 145 Å². The lowest BCUT2D eigenvalue weighted by Crippen LogP contribution is -2.48. The third-order valence-electron chi connectivity index (χ3n) is 4.99. The van der Waals surface area contributed by atoms with Gasteiger partial charge in [-0.15, -0.1) is 0 Å². The Hall–Kier alpha value is -1.75. The van der Waals surface area contributed by atoms with E-state index in [2.05, 4.69) is 5.32 Å². The first kappa shape index (κ1) is 18.6. The topological polar surface area (TPSA) is 61.8 Å². The minimum Gasteiger partial charge on any atom is -0.497 e. The average Bonchev–Trinajstić information content (AvgIpc) is 2.61. The predicted octanol–water partition coefficient (Wildman–Crippen LogP) is 2.82. The number of carbonyl (C=O) groups is 1. The molecular weight excluding hydrogens is 304 g/mol. The fourth-order valence-corrected chi connectivity index (χ4v) is 3.40. The summed E-state index contributed by atoms with van der Waals surface area (Å²) in [6.45, 7) is 2.29. The van der Waals surface area contributed by atoms with E-state index < -0.39 is 0 Å². The largest absolute Gasteiger partial charge is 0.497 e. The zero-order chi connectivity index (χ0) is 17.5. The lowest BCUT2D eigenvalue weighted by molar-refractivity contribution is 0.133. The van der Waals surface area contributed by atoms with Crippen molar-refractivity contribution in [2.24, 2.45) is 5.92 Å². The molecule has 0 unspecified atom stereocenters. The van der Waals surface area contributed by atoms with Gasteiger partial charge in [0.1, 0.15) is 5.75 Å². The Morgan fingerprint density at radius 1 is 1.38 bits per heavy atom. The number of benzene rings is 1. The first-order chi connectivity index (χ1) is 11.5. The molecule has 0 aliphatic heterocycles. The molecule has 0 radical (unpaired) electrons. The van der Waals surface area contributed by atoms with E-state index in [1.807, 2.05) is 43.1 Å². The highest BCUT2D eigenvalue weighted by atomic mass is 16.5. The van der Waals surface area contributed by atoms with Gasteiger partial charge in [-0.2, -0.15) is 0 Å². The van der Waals surface area contributed by atoms with Crippen LogP contribution in [0.2, 0.25) is 0 Å². The van der Waals surface area contributed by atoms with Crippen molar-refractivity contribution < 1.29 is 14.6 Å². The van der Waals surface area contributed by atoms with Gasteiger partial charge < -0.3 is 20.1 Å². The van der Waals surface area contributed by atoms with Gasteiger partial charge in [0.05, 0.1) is 7.11 Å². The Balaban J connectivity index is 1.82. The van der Waals surface area contributed by atoms with Crippen LogP contribution in [0, 0.1) is 5.92 Å². The van der Waals surface area contributed by atoms with Crippen LogP contribution in [0.1, 0.15) is 38.2 Å². The average molecular weight is 334 g/mol. The van der Waals surface area contributed by atoms with Crippen LogP contribution in [-0.2, 0) is 6.42 Å². The first-order valence-electron chi connectivity index (χ1n) is 8.80. The summed E-state index contributed by atoms with van der Waals surface area (Å²) in [6, 6.07) is 8.25. The molecule has 1 aliphatic rings. The van der Waals surface area contributed by atoms with Crippen LogP contribution in [0.15, 0.2) is 24.3 Å². The standard InChI is InChI=1S/C19H30N2O3/c1-14(11-16-5-4-6-18(12-16)24-3)20-19(23)21(2)17-9-7-15(13-22)8-10-17/h4-6,12,14-15,17,22H,7-11,13H2,1-3H3,(H,20,23)/t14-,15?,17?/m0/s1. The molecule has 0 spiro atoms. The molecule has 5 heteroatoms. The number of methoxy groups -OCH3 is 1. The van der Waals surface area contributed by atoms with E-state index in [0.29, 0.717) is 5.92 Å². The zero-order valence-corrected chi connectivity index (χ0v) is 15.0.